The first-order chi connectivity index (χ1) is 11.2. The van der Waals surface area contributed by atoms with E-state index < -0.39 is 0 Å². The summed E-state index contributed by atoms with van der Waals surface area (Å²) in [6, 6.07) is 2.10. The van der Waals surface area contributed by atoms with E-state index in [1.807, 2.05) is 6.92 Å². The normalized spacial score (nSPS) is 20.7. The third-order valence-corrected chi connectivity index (χ3v) is 4.77. The van der Waals surface area contributed by atoms with Gasteiger partial charge in [0, 0.05) is 45.3 Å². The van der Waals surface area contributed by atoms with Gasteiger partial charge in [0.2, 0.25) is 0 Å². The molecule has 2 aliphatic rings. The largest absolute Gasteiger partial charge is 0.379 e. The van der Waals surface area contributed by atoms with Crippen molar-refractivity contribution in [1.29, 1.82) is 0 Å². The maximum absolute atomic E-state index is 5.38. The summed E-state index contributed by atoms with van der Waals surface area (Å²) in [5, 5.41) is 3.46. The summed E-state index contributed by atoms with van der Waals surface area (Å²) in [5.74, 6) is 3.69. The fourth-order valence-corrected chi connectivity index (χ4v) is 3.21. The van der Waals surface area contributed by atoms with Crippen molar-refractivity contribution in [3.05, 3.63) is 11.9 Å². The molecule has 2 saturated heterocycles. The Morgan fingerprint density at radius 2 is 1.91 bits per heavy atom. The molecule has 0 atom stereocenters. The van der Waals surface area contributed by atoms with Crippen LogP contribution in [0.2, 0.25) is 0 Å². The van der Waals surface area contributed by atoms with Gasteiger partial charge in [0.1, 0.15) is 17.5 Å². The molecule has 23 heavy (non-hydrogen) atoms. The topological polar surface area (TPSA) is 53.5 Å². The van der Waals surface area contributed by atoms with Gasteiger partial charge in [-0.1, -0.05) is 6.92 Å². The van der Waals surface area contributed by atoms with Crippen molar-refractivity contribution in [1.82, 2.24) is 14.9 Å². The van der Waals surface area contributed by atoms with E-state index in [1.165, 1.54) is 12.8 Å². The molecule has 0 bridgehead atoms. The number of aromatic nitrogens is 2. The van der Waals surface area contributed by atoms with Gasteiger partial charge in [0.25, 0.3) is 0 Å². The average Bonchev–Trinajstić information content (AvgIpc) is 2.56. The van der Waals surface area contributed by atoms with E-state index in [-0.39, 0.29) is 0 Å². The number of rotatable bonds is 5. The van der Waals surface area contributed by atoms with Crippen LogP contribution in [0.5, 0.6) is 0 Å². The van der Waals surface area contributed by atoms with Crippen LogP contribution in [-0.2, 0) is 4.74 Å². The molecule has 0 radical (unpaired) electrons. The van der Waals surface area contributed by atoms with Crippen molar-refractivity contribution in [2.45, 2.75) is 26.7 Å². The molecule has 0 amide bonds. The lowest BCUT2D eigenvalue weighted by atomic mass is 9.99. The second-order valence-corrected chi connectivity index (χ2v) is 6.71. The van der Waals surface area contributed by atoms with E-state index in [0.29, 0.717) is 0 Å². The summed E-state index contributed by atoms with van der Waals surface area (Å²) in [6.45, 7) is 12.2. The lowest BCUT2D eigenvalue weighted by Gasteiger charge is -2.31. The summed E-state index contributed by atoms with van der Waals surface area (Å²) < 4.78 is 5.38. The molecule has 0 unspecified atom stereocenters. The minimum absolute atomic E-state index is 0.834. The number of aryl methyl sites for hydroxylation is 1. The number of piperidine rings is 1. The standard InChI is InChI=1S/C17H29N5O/c1-14-3-6-22(7-4-14)17-13-16(19-15(2)20-17)18-5-8-21-9-11-23-12-10-21/h13-14H,3-12H2,1-2H3,(H,18,19,20). The number of ether oxygens (including phenoxy) is 1. The van der Waals surface area contributed by atoms with Crippen molar-refractivity contribution in [3.8, 4) is 0 Å². The van der Waals surface area contributed by atoms with Crippen molar-refractivity contribution in [3.63, 3.8) is 0 Å². The predicted molar refractivity (Wildman–Crippen MR) is 93.1 cm³/mol. The molecular formula is C17H29N5O. The first-order valence-corrected chi connectivity index (χ1v) is 8.85. The number of hydrogen-bond donors (Lipinski definition) is 1. The molecule has 1 aromatic rings. The molecular weight excluding hydrogens is 290 g/mol. The van der Waals surface area contributed by atoms with Gasteiger partial charge < -0.3 is 15.0 Å². The van der Waals surface area contributed by atoms with Crippen molar-refractivity contribution in [2.75, 3.05) is 62.7 Å². The zero-order valence-electron chi connectivity index (χ0n) is 14.4. The molecule has 6 heteroatoms. The van der Waals surface area contributed by atoms with Crippen LogP contribution in [0, 0.1) is 12.8 Å². The first-order valence-electron chi connectivity index (χ1n) is 8.85. The molecule has 0 saturated carbocycles. The smallest absolute Gasteiger partial charge is 0.134 e. The summed E-state index contributed by atoms with van der Waals surface area (Å²) >= 11 is 0. The highest BCUT2D eigenvalue weighted by Crippen LogP contribution is 2.23. The van der Waals surface area contributed by atoms with Crippen LogP contribution >= 0.6 is 0 Å². The van der Waals surface area contributed by atoms with Gasteiger partial charge in [-0.05, 0) is 25.7 Å². The quantitative estimate of drug-likeness (QED) is 0.893. The van der Waals surface area contributed by atoms with Crippen molar-refractivity contribution in [2.24, 2.45) is 5.92 Å². The van der Waals surface area contributed by atoms with Crippen molar-refractivity contribution >= 4 is 11.6 Å². The molecule has 3 rings (SSSR count). The second-order valence-electron chi connectivity index (χ2n) is 6.71. The fourth-order valence-electron chi connectivity index (χ4n) is 3.21. The van der Waals surface area contributed by atoms with Crippen LogP contribution in [-0.4, -0.2) is 67.4 Å². The number of anilines is 2. The molecule has 0 aromatic carbocycles. The second kappa shape index (κ2) is 7.93. The number of hydrogen-bond acceptors (Lipinski definition) is 6. The lowest BCUT2D eigenvalue weighted by Crippen LogP contribution is -2.39. The van der Waals surface area contributed by atoms with Gasteiger partial charge in [0.15, 0.2) is 0 Å². The molecule has 128 valence electrons. The summed E-state index contributed by atoms with van der Waals surface area (Å²) in [5.41, 5.74) is 0. The number of nitrogens with one attached hydrogen (secondary N) is 1. The maximum atomic E-state index is 5.38. The Morgan fingerprint density at radius 1 is 1.17 bits per heavy atom. The van der Waals surface area contributed by atoms with Crippen LogP contribution in [0.1, 0.15) is 25.6 Å². The minimum atomic E-state index is 0.834. The summed E-state index contributed by atoms with van der Waals surface area (Å²) in [7, 11) is 0. The zero-order chi connectivity index (χ0) is 16.1. The Hall–Kier alpha value is -1.40. The van der Waals surface area contributed by atoms with Gasteiger partial charge >= 0.3 is 0 Å². The Kier molecular flexibility index (Phi) is 5.67. The summed E-state index contributed by atoms with van der Waals surface area (Å²) in [6.07, 6.45) is 2.51. The highest BCUT2D eigenvalue weighted by atomic mass is 16.5. The van der Waals surface area contributed by atoms with Gasteiger partial charge in [-0.3, -0.25) is 4.90 Å². The molecule has 1 aromatic heterocycles. The maximum Gasteiger partial charge on any atom is 0.134 e. The van der Waals surface area contributed by atoms with E-state index in [1.54, 1.807) is 0 Å². The monoisotopic (exact) mass is 319 g/mol. The van der Waals surface area contributed by atoms with Crippen LogP contribution in [0.15, 0.2) is 6.07 Å². The number of nitrogens with zero attached hydrogens (tertiary/aromatic N) is 4. The Balaban J connectivity index is 1.54. The van der Waals surface area contributed by atoms with E-state index in [2.05, 4.69) is 38.1 Å². The van der Waals surface area contributed by atoms with E-state index in [9.17, 15) is 0 Å². The average molecular weight is 319 g/mol. The number of morpholine rings is 1. The third-order valence-electron chi connectivity index (χ3n) is 4.77. The van der Waals surface area contributed by atoms with E-state index >= 15 is 0 Å². The Labute approximate surface area is 139 Å². The van der Waals surface area contributed by atoms with E-state index in [0.717, 1.165) is 75.9 Å². The van der Waals surface area contributed by atoms with Crippen LogP contribution in [0.25, 0.3) is 0 Å². The molecule has 3 heterocycles. The van der Waals surface area contributed by atoms with Crippen molar-refractivity contribution < 1.29 is 4.74 Å². The molecule has 2 fully saturated rings. The highest BCUT2D eigenvalue weighted by Gasteiger charge is 2.18. The molecule has 1 N–H and O–H groups in total. The zero-order valence-corrected chi connectivity index (χ0v) is 14.4. The Morgan fingerprint density at radius 3 is 2.65 bits per heavy atom. The fraction of sp³-hybridized carbons (Fsp3) is 0.765. The van der Waals surface area contributed by atoms with Gasteiger partial charge in [-0.25, -0.2) is 9.97 Å². The summed E-state index contributed by atoms with van der Waals surface area (Å²) in [4.78, 5) is 14.0. The SMILES string of the molecule is Cc1nc(NCCN2CCOCC2)cc(N2CCC(C)CC2)n1. The first kappa shape index (κ1) is 16.5. The third kappa shape index (κ3) is 4.78. The molecule has 2 aliphatic heterocycles. The van der Waals surface area contributed by atoms with E-state index in [4.69, 9.17) is 4.74 Å². The van der Waals surface area contributed by atoms with Gasteiger partial charge in [-0.2, -0.15) is 0 Å². The highest BCUT2D eigenvalue weighted by molar-refractivity contribution is 5.49. The molecule has 6 nitrogen and oxygen atoms in total. The van der Waals surface area contributed by atoms with Crippen LogP contribution in [0.4, 0.5) is 11.6 Å². The van der Waals surface area contributed by atoms with Crippen LogP contribution in [0.3, 0.4) is 0 Å². The molecule has 0 aliphatic carbocycles. The lowest BCUT2D eigenvalue weighted by molar-refractivity contribution is 0.0398. The van der Waals surface area contributed by atoms with Gasteiger partial charge in [-0.15, -0.1) is 0 Å². The van der Waals surface area contributed by atoms with Crippen LogP contribution < -0.4 is 10.2 Å². The van der Waals surface area contributed by atoms with Gasteiger partial charge in [0.05, 0.1) is 13.2 Å². The minimum Gasteiger partial charge on any atom is -0.379 e. The molecule has 0 spiro atoms. The Bertz CT molecular complexity index is 496. The predicted octanol–water partition coefficient (Wildman–Crippen LogP) is 1.77.